The van der Waals surface area contributed by atoms with E-state index in [0.29, 0.717) is 13.2 Å². The van der Waals surface area contributed by atoms with Crippen molar-refractivity contribution < 1.29 is 10.6 Å². The van der Waals surface area contributed by atoms with E-state index in [1.54, 1.807) is 7.11 Å². The van der Waals surface area contributed by atoms with Crippen molar-refractivity contribution in [2.45, 2.75) is 32.5 Å². The van der Waals surface area contributed by atoms with Gasteiger partial charge < -0.3 is 10.5 Å². The average molecular weight is 208 g/mol. The molecule has 1 saturated heterocycles. The predicted molar refractivity (Wildman–Crippen MR) is 59.3 cm³/mol. The molecule has 0 unspecified atom stereocenters. The fraction of sp³-hybridized carbons (Fsp3) is 1.00. The fourth-order valence-corrected chi connectivity index (χ4v) is 1.41. The second-order valence-corrected chi connectivity index (χ2v) is 3.26. The van der Waals surface area contributed by atoms with Gasteiger partial charge in [-0.25, -0.2) is 4.39 Å². The van der Waals surface area contributed by atoms with E-state index in [1.165, 1.54) is 0 Å². The molecular formula is C10H25FN2O. The number of ether oxygens (including phenoxy) is 1. The summed E-state index contributed by atoms with van der Waals surface area (Å²) in [7, 11) is 1.66. The molecule has 2 atom stereocenters. The van der Waals surface area contributed by atoms with Gasteiger partial charge in [0.15, 0.2) is 0 Å². The van der Waals surface area contributed by atoms with Crippen molar-refractivity contribution in [3.63, 3.8) is 0 Å². The molecule has 0 spiro atoms. The average Bonchev–Trinajstić information content (AvgIpc) is 2.23. The number of hydrogen-bond donors (Lipinski definition) is 1. The predicted octanol–water partition coefficient (Wildman–Crippen LogP) is 1.28. The van der Waals surface area contributed by atoms with Gasteiger partial charge in [-0.15, -0.1) is 0 Å². The van der Waals surface area contributed by atoms with Crippen molar-refractivity contribution in [2.75, 3.05) is 33.4 Å². The number of methoxy groups -OCH3 is 1. The molecule has 0 saturated carbocycles. The summed E-state index contributed by atoms with van der Waals surface area (Å²) in [5.74, 6) is 0. The topological polar surface area (TPSA) is 38.5 Å². The molecule has 88 valence electrons. The molecule has 0 aromatic carbocycles. The van der Waals surface area contributed by atoms with Crippen molar-refractivity contribution in [3.8, 4) is 0 Å². The molecule has 1 fully saturated rings. The van der Waals surface area contributed by atoms with Crippen LogP contribution in [0.1, 0.15) is 21.7 Å². The molecule has 3 nitrogen and oxygen atoms in total. The molecule has 0 amide bonds. The minimum absolute atomic E-state index is 0. The quantitative estimate of drug-likeness (QED) is 0.759. The van der Waals surface area contributed by atoms with Gasteiger partial charge in [-0.05, 0) is 13.0 Å². The van der Waals surface area contributed by atoms with E-state index in [4.69, 9.17) is 10.5 Å². The Kier molecular flexibility index (Phi) is 8.04. The number of halogens is 1. The molecule has 0 bridgehead atoms. The largest absolute Gasteiger partial charge is 0.383 e. The van der Waals surface area contributed by atoms with Gasteiger partial charge >= 0.3 is 0 Å². The zero-order valence-electron chi connectivity index (χ0n) is 9.50. The van der Waals surface area contributed by atoms with Crippen LogP contribution in [-0.2, 0) is 4.74 Å². The summed E-state index contributed by atoms with van der Waals surface area (Å²) in [6.07, 6.45) is -0.110. The standard InChI is InChI=1S/C8H17FN2O.C2H6.H2/c1-12-5-4-11-3-2-8(10)7(9)6-11;1-2;/h7-8H,2-6,10H2,1H3;1-2H3;1H/t7-,8-;;/m0../s1. The lowest BCUT2D eigenvalue weighted by molar-refractivity contribution is 0.0877. The van der Waals surface area contributed by atoms with Gasteiger partial charge in [0.25, 0.3) is 0 Å². The van der Waals surface area contributed by atoms with Crippen LogP contribution in [-0.4, -0.2) is 50.5 Å². The van der Waals surface area contributed by atoms with Gasteiger partial charge in [0, 0.05) is 27.7 Å². The Morgan fingerprint density at radius 3 is 2.71 bits per heavy atom. The summed E-state index contributed by atoms with van der Waals surface area (Å²) < 4.78 is 18.0. The summed E-state index contributed by atoms with van der Waals surface area (Å²) >= 11 is 0. The molecule has 1 rings (SSSR count). The maximum Gasteiger partial charge on any atom is 0.128 e. The van der Waals surface area contributed by atoms with Crippen LogP contribution in [0.3, 0.4) is 0 Å². The van der Waals surface area contributed by atoms with Crippen molar-refractivity contribution in [2.24, 2.45) is 5.73 Å². The number of nitrogens with two attached hydrogens (primary N) is 1. The van der Waals surface area contributed by atoms with Crippen LogP contribution in [0, 0.1) is 0 Å². The first-order chi connectivity index (χ1) is 6.74. The monoisotopic (exact) mass is 208 g/mol. The third-order valence-corrected chi connectivity index (χ3v) is 2.29. The fourth-order valence-electron chi connectivity index (χ4n) is 1.41. The SMILES string of the molecule is CC.COCCN1CC[C@H](N)[C@@H](F)C1.[HH]. The van der Waals surface area contributed by atoms with E-state index in [1.807, 2.05) is 13.8 Å². The lowest BCUT2D eigenvalue weighted by Crippen LogP contribution is -2.49. The molecule has 1 aliphatic heterocycles. The van der Waals surface area contributed by atoms with Gasteiger partial charge in [0.1, 0.15) is 6.17 Å². The number of piperidine rings is 1. The lowest BCUT2D eigenvalue weighted by Gasteiger charge is -2.32. The summed E-state index contributed by atoms with van der Waals surface area (Å²) in [5, 5.41) is 0. The highest BCUT2D eigenvalue weighted by Gasteiger charge is 2.25. The Morgan fingerprint density at radius 1 is 1.57 bits per heavy atom. The van der Waals surface area contributed by atoms with Crippen LogP contribution < -0.4 is 5.73 Å². The molecular weight excluding hydrogens is 183 g/mol. The minimum Gasteiger partial charge on any atom is -0.383 e. The van der Waals surface area contributed by atoms with E-state index < -0.39 is 6.17 Å². The third kappa shape index (κ3) is 4.88. The molecule has 0 aliphatic carbocycles. The normalized spacial score (nSPS) is 28.1. The molecule has 2 N–H and O–H groups in total. The van der Waals surface area contributed by atoms with Crippen LogP contribution in [0.5, 0.6) is 0 Å². The lowest BCUT2D eigenvalue weighted by atomic mass is 10.0. The zero-order chi connectivity index (χ0) is 11.0. The maximum absolute atomic E-state index is 13.0. The smallest absolute Gasteiger partial charge is 0.128 e. The second-order valence-electron chi connectivity index (χ2n) is 3.26. The zero-order valence-corrected chi connectivity index (χ0v) is 9.50. The second kappa shape index (κ2) is 8.15. The number of rotatable bonds is 3. The van der Waals surface area contributed by atoms with Crippen molar-refractivity contribution in [1.82, 2.24) is 4.90 Å². The van der Waals surface area contributed by atoms with E-state index in [0.717, 1.165) is 19.5 Å². The van der Waals surface area contributed by atoms with Gasteiger partial charge in [-0.2, -0.15) is 0 Å². The van der Waals surface area contributed by atoms with E-state index >= 15 is 0 Å². The summed E-state index contributed by atoms with van der Waals surface area (Å²) in [5.41, 5.74) is 5.54. The Balaban J connectivity index is 0. The number of hydrogen-bond acceptors (Lipinski definition) is 3. The van der Waals surface area contributed by atoms with E-state index in [-0.39, 0.29) is 7.47 Å². The molecule has 0 radical (unpaired) electrons. The van der Waals surface area contributed by atoms with Crippen LogP contribution in [0.2, 0.25) is 0 Å². The van der Waals surface area contributed by atoms with Gasteiger partial charge in [-0.3, -0.25) is 4.90 Å². The van der Waals surface area contributed by atoms with Crippen LogP contribution in [0.25, 0.3) is 0 Å². The van der Waals surface area contributed by atoms with Crippen molar-refractivity contribution in [1.29, 1.82) is 0 Å². The number of alkyl halides is 1. The Morgan fingerprint density at radius 2 is 2.21 bits per heavy atom. The summed E-state index contributed by atoms with van der Waals surface area (Å²) in [6, 6.07) is -0.260. The Labute approximate surface area is 87.9 Å². The summed E-state index contributed by atoms with van der Waals surface area (Å²) in [4.78, 5) is 2.05. The maximum atomic E-state index is 13.0. The molecule has 4 heteroatoms. The molecule has 14 heavy (non-hydrogen) atoms. The van der Waals surface area contributed by atoms with Crippen LogP contribution >= 0.6 is 0 Å². The highest BCUT2D eigenvalue weighted by molar-refractivity contribution is 4.82. The highest BCUT2D eigenvalue weighted by atomic mass is 19.1. The van der Waals surface area contributed by atoms with E-state index in [2.05, 4.69) is 4.90 Å². The first-order valence-corrected chi connectivity index (χ1v) is 5.35. The van der Waals surface area contributed by atoms with Gasteiger partial charge in [-0.1, -0.05) is 13.8 Å². The van der Waals surface area contributed by atoms with Crippen LogP contribution in [0.4, 0.5) is 4.39 Å². The molecule has 0 aromatic heterocycles. The first kappa shape index (κ1) is 13.8. The highest BCUT2D eigenvalue weighted by Crippen LogP contribution is 2.11. The Bertz CT molecular complexity index is 139. The third-order valence-electron chi connectivity index (χ3n) is 2.29. The van der Waals surface area contributed by atoms with E-state index in [9.17, 15) is 4.39 Å². The number of likely N-dealkylation sites (tertiary alicyclic amines) is 1. The number of nitrogens with zero attached hydrogens (tertiary/aromatic N) is 1. The minimum atomic E-state index is -0.865. The van der Waals surface area contributed by atoms with Gasteiger partial charge in [0.05, 0.1) is 6.61 Å². The molecule has 0 aromatic rings. The first-order valence-electron chi connectivity index (χ1n) is 5.35. The Hall–Kier alpha value is -0.190. The van der Waals surface area contributed by atoms with Crippen LogP contribution in [0.15, 0.2) is 0 Å². The van der Waals surface area contributed by atoms with Crippen molar-refractivity contribution >= 4 is 0 Å². The molecule has 1 aliphatic rings. The molecule has 1 heterocycles. The van der Waals surface area contributed by atoms with Crippen molar-refractivity contribution in [3.05, 3.63) is 0 Å². The summed E-state index contributed by atoms with van der Waals surface area (Å²) in [6.45, 7) is 6.83. The van der Waals surface area contributed by atoms with Gasteiger partial charge in [0.2, 0.25) is 0 Å².